The summed E-state index contributed by atoms with van der Waals surface area (Å²) in [5.41, 5.74) is -1.33. The lowest BCUT2D eigenvalue weighted by Gasteiger charge is -2.49. The van der Waals surface area contributed by atoms with Gasteiger partial charge >= 0.3 is 12.2 Å². The van der Waals surface area contributed by atoms with Crippen molar-refractivity contribution in [3.05, 3.63) is 23.5 Å². The van der Waals surface area contributed by atoms with Gasteiger partial charge in [0.25, 0.3) is 0 Å². The van der Waals surface area contributed by atoms with Crippen molar-refractivity contribution in [3.63, 3.8) is 0 Å². The number of aromatic nitrogens is 1. The summed E-state index contributed by atoms with van der Waals surface area (Å²) in [4.78, 5) is 32.0. The van der Waals surface area contributed by atoms with Gasteiger partial charge in [-0.25, -0.2) is 9.78 Å². The van der Waals surface area contributed by atoms with Crippen LogP contribution in [-0.2, 0) is 15.7 Å². The van der Waals surface area contributed by atoms with Crippen molar-refractivity contribution < 1.29 is 32.2 Å². The van der Waals surface area contributed by atoms with Crippen LogP contribution in [0.4, 0.5) is 18.0 Å². The molecule has 3 amide bonds. The van der Waals surface area contributed by atoms with E-state index in [-0.39, 0.29) is 42.0 Å². The van der Waals surface area contributed by atoms with E-state index in [4.69, 9.17) is 9.47 Å². The second-order valence-corrected chi connectivity index (χ2v) is 9.82. The molecule has 0 bridgehead atoms. The predicted octanol–water partition coefficient (Wildman–Crippen LogP) is 2.85. The number of halogens is 3. The van der Waals surface area contributed by atoms with E-state index in [1.54, 1.807) is 4.90 Å². The number of fused-ring (bicyclic) bond motifs is 1. The number of ether oxygens (including phenoxy) is 2. The van der Waals surface area contributed by atoms with Crippen LogP contribution in [0.15, 0.2) is 12.3 Å². The molecule has 0 unspecified atom stereocenters. The Balaban J connectivity index is 1.29. The summed E-state index contributed by atoms with van der Waals surface area (Å²) in [7, 11) is 0. The summed E-state index contributed by atoms with van der Waals surface area (Å²) in [6, 6.07) is 1.09. The van der Waals surface area contributed by atoms with Gasteiger partial charge in [0.05, 0.1) is 24.4 Å². The molecule has 3 fully saturated rings. The number of nitrogens with zero attached hydrogens (tertiary/aromatic N) is 3. The summed E-state index contributed by atoms with van der Waals surface area (Å²) in [5.74, 6) is 0.477. The number of urea groups is 1. The molecule has 3 saturated heterocycles. The Labute approximate surface area is 196 Å². The molecule has 4 rings (SSSR count). The van der Waals surface area contributed by atoms with Gasteiger partial charge in [0.1, 0.15) is 18.1 Å². The van der Waals surface area contributed by atoms with E-state index < -0.39 is 17.5 Å². The minimum Gasteiger partial charge on any atom is -0.492 e. The van der Waals surface area contributed by atoms with E-state index in [1.807, 2.05) is 18.7 Å². The van der Waals surface area contributed by atoms with Crippen LogP contribution < -0.4 is 10.1 Å². The number of hydrogen-bond acceptors (Lipinski definition) is 5. The van der Waals surface area contributed by atoms with Gasteiger partial charge in [-0.3, -0.25) is 4.79 Å². The molecule has 1 aromatic rings. The maximum atomic E-state index is 13.2. The average molecular weight is 485 g/mol. The summed E-state index contributed by atoms with van der Waals surface area (Å²) < 4.78 is 50.2. The van der Waals surface area contributed by atoms with Crippen molar-refractivity contribution in [1.82, 2.24) is 20.1 Å². The highest BCUT2D eigenvalue weighted by molar-refractivity contribution is 5.79. The number of carbonyl (C=O) groups is 2. The van der Waals surface area contributed by atoms with E-state index in [0.29, 0.717) is 45.0 Å². The van der Waals surface area contributed by atoms with Crippen molar-refractivity contribution in [1.29, 1.82) is 0 Å². The number of amides is 3. The number of alkyl halides is 3. The molecule has 3 aliphatic rings. The van der Waals surface area contributed by atoms with Gasteiger partial charge in [0.15, 0.2) is 0 Å². The number of piperidine rings is 2. The largest absolute Gasteiger partial charge is 0.492 e. The fourth-order valence-corrected chi connectivity index (χ4v) is 4.99. The van der Waals surface area contributed by atoms with Crippen molar-refractivity contribution in [3.8, 4) is 5.75 Å². The zero-order valence-corrected chi connectivity index (χ0v) is 19.7. The Morgan fingerprint density at radius 1 is 1.32 bits per heavy atom. The van der Waals surface area contributed by atoms with Gasteiger partial charge in [-0.1, -0.05) is 6.92 Å². The summed E-state index contributed by atoms with van der Waals surface area (Å²) in [5, 5.41) is 2.95. The van der Waals surface area contributed by atoms with E-state index in [9.17, 15) is 22.8 Å². The van der Waals surface area contributed by atoms with Crippen LogP contribution in [0.1, 0.15) is 37.9 Å². The first-order chi connectivity index (χ1) is 16.0. The second kappa shape index (κ2) is 9.24. The predicted molar refractivity (Wildman–Crippen MR) is 116 cm³/mol. The average Bonchev–Trinajstić information content (AvgIpc) is 2.77. The third-order valence-electron chi connectivity index (χ3n) is 7.30. The first-order valence-electron chi connectivity index (χ1n) is 11.6. The molecular formula is C23H31F3N4O4. The van der Waals surface area contributed by atoms with Crippen LogP contribution in [0.2, 0.25) is 0 Å². The lowest BCUT2D eigenvalue weighted by Crippen LogP contribution is -2.67. The highest BCUT2D eigenvalue weighted by Gasteiger charge is 2.46. The van der Waals surface area contributed by atoms with Crippen LogP contribution >= 0.6 is 0 Å². The van der Waals surface area contributed by atoms with Gasteiger partial charge in [0, 0.05) is 26.2 Å². The van der Waals surface area contributed by atoms with Crippen LogP contribution in [0.3, 0.4) is 0 Å². The highest BCUT2D eigenvalue weighted by Crippen LogP contribution is 2.33. The van der Waals surface area contributed by atoms with Gasteiger partial charge in [-0.15, -0.1) is 0 Å². The number of likely N-dealkylation sites (tertiary alicyclic amines) is 2. The molecule has 4 heterocycles. The summed E-state index contributed by atoms with van der Waals surface area (Å²) in [6.45, 7) is 7.91. The molecule has 0 saturated carbocycles. The van der Waals surface area contributed by atoms with Gasteiger partial charge in [-0.05, 0) is 50.2 Å². The quantitative estimate of drug-likeness (QED) is 0.714. The monoisotopic (exact) mass is 484 g/mol. The number of morpholine rings is 1. The van der Waals surface area contributed by atoms with Crippen molar-refractivity contribution >= 4 is 11.9 Å². The van der Waals surface area contributed by atoms with Crippen LogP contribution in [0, 0.1) is 18.8 Å². The minimum atomic E-state index is -4.49. The van der Waals surface area contributed by atoms with Gasteiger partial charge < -0.3 is 24.6 Å². The first kappa shape index (κ1) is 24.6. The van der Waals surface area contributed by atoms with Crippen molar-refractivity contribution in [2.24, 2.45) is 11.8 Å². The number of hydrogen-bond donors (Lipinski definition) is 1. The number of rotatable bonds is 3. The third-order valence-corrected chi connectivity index (χ3v) is 7.30. The molecule has 8 nitrogen and oxygen atoms in total. The van der Waals surface area contributed by atoms with E-state index in [2.05, 4.69) is 10.3 Å². The van der Waals surface area contributed by atoms with Crippen molar-refractivity contribution in [2.45, 2.75) is 51.4 Å². The van der Waals surface area contributed by atoms with Crippen LogP contribution in [0.5, 0.6) is 5.75 Å². The van der Waals surface area contributed by atoms with Gasteiger partial charge in [0.2, 0.25) is 5.91 Å². The maximum Gasteiger partial charge on any atom is 0.433 e. The molecule has 188 valence electrons. The number of pyridine rings is 1. The first-order valence-corrected chi connectivity index (χ1v) is 11.6. The summed E-state index contributed by atoms with van der Waals surface area (Å²) >= 11 is 0. The van der Waals surface area contributed by atoms with E-state index >= 15 is 0 Å². The topological polar surface area (TPSA) is 84.0 Å². The Hall–Kier alpha value is -2.56. The van der Waals surface area contributed by atoms with E-state index in [1.165, 1.54) is 13.0 Å². The smallest absolute Gasteiger partial charge is 0.433 e. The molecule has 3 aliphatic heterocycles. The molecule has 1 N–H and O–H groups in total. The Morgan fingerprint density at radius 2 is 2.06 bits per heavy atom. The Kier molecular flexibility index (Phi) is 6.67. The third kappa shape index (κ3) is 5.08. The molecule has 4 atom stereocenters. The second-order valence-electron chi connectivity index (χ2n) is 9.82. The minimum absolute atomic E-state index is 0.0237. The fourth-order valence-electron chi connectivity index (χ4n) is 4.99. The SMILES string of the molecule is Cc1cc(OC[C@@H]2CCN(C(=O)N3CC[C@]4(C)OCC(=O)N[C@@H]4C3)C[C@@H]2C)cnc1C(F)(F)F. The maximum absolute atomic E-state index is 13.2. The highest BCUT2D eigenvalue weighted by atomic mass is 19.4. The lowest BCUT2D eigenvalue weighted by molar-refractivity contribution is -0.156. The van der Waals surface area contributed by atoms with Crippen LogP contribution in [-0.4, -0.2) is 77.8 Å². The van der Waals surface area contributed by atoms with E-state index in [0.717, 1.165) is 12.6 Å². The molecule has 0 aliphatic carbocycles. The summed E-state index contributed by atoms with van der Waals surface area (Å²) in [6.07, 6.45) is -1.99. The van der Waals surface area contributed by atoms with Crippen molar-refractivity contribution in [2.75, 3.05) is 39.4 Å². The number of nitrogens with one attached hydrogen (secondary N) is 1. The molecule has 1 aromatic heterocycles. The standard InChI is InChI=1S/C23H31F3N4O4/c1-14-8-17(9-27-20(14)23(24,25)26)33-12-16-4-6-29(10-15(16)2)21(32)30-7-5-22(3)18(11-30)28-19(31)13-34-22/h8-9,15-16,18H,4-7,10-13H2,1-3H3,(H,28,31)/t15-,16-,18+,22-/m0/s1. The zero-order chi connectivity index (χ0) is 24.7. The zero-order valence-electron chi connectivity index (χ0n) is 19.7. The molecule has 34 heavy (non-hydrogen) atoms. The number of aryl methyl sites for hydroxylation is 1. The van der Waals surface area contributed by atoms with Crippen LogP contribution in [0.25, 0.3) is 0 Å². The van der Waals surface area contributed by atoms with Gasteiger partial charge in [-0.2, -0.15) is 13.2 Å². The normalized spacial score (nSPS) is 29.9. The lowest BCUT2D eigenvalue weighted by atomic mass is 9.86. The molecule has 0 radical (unpaired) electrons. The fraction of sp³-hybridized carbons (Fsp3) is 0.696. The molecule has 0 aromatic carbocycles. The number of carbonyl (C=O) groups excluding carboxylic acids is 2. The molecular weight excluding hydrogens is 453 g/mol. The Bertz CT molecular complexity index is 943. The Morgan fingerprint density at radius 3 is 2.74 bits per heavy atom. The molecule has 0 spiro atoms. The molecule has 11 heteroatoms.